The summed E-state index contributed by atoms with van der Waals surface area (Å²) in [5.41, 5.74) is 26.5. The molecule has 2 aliphatic heterocycles. The molecule has 0 saturated heterocycles. The first-order valence-electron chi connectivity index (χ1n) is 28.0. The highest BCUT2D eigenvalue weighted by molar-refractivity contribution is 7.33. The molecule has 3 aliphatic carbocycles. The van der Waals surface area contributed by atoms with Crippen LogP contribution >= 0.6 is 11.3 Å². The van der Waals surface area contributed by atoms with E-state index in [1.54, 1.807) is 16.7 Å². The van der Waals surface area contributed by atoms with Gasteiger partial charge in [-0.05, 0) is 204 Å². The molecule has 0 N–H and O–H groups in total. The van der Waals surface area contributed by atoms with E-state index in [4.69, 9.17) is 0 Å². The van der Waals surface area contributed by atoms with Gasteiger partial charge in [-0.3, -0.25) is 0 Å². The fourth-order valence-electron chi connectivity index (χ4n) is 14.4. The van der Waals surface area contributed by atoms with Gasteiger partial charge in [0.1, 0.15) is 0 Å². The van der Waals surface area contributed by atoms with Crippen molar-refractivity contribution in [2.75, 3.05) is 16.3 Å². The molecule has 376 valence electrons. The molecular formula is C69H81BN2S. The Bertz CT molecular complexity index is 3410. The van der Waals surface area contributed by atoms with Crippen LogP contribution < -0.4 is 25.5 Å². The Morgan fingerprint density at radius 2 is 1.04 bits per heavy atom. The highest BCUT2D eigenvalue weighted by Gasteiger charge is 2.49. The van der Waals surface area contributed by atoms with Crippen LogP contribution in [-0.4, -0.2) is 13.3 Å². The fourth-order valence-corrected chi connectivity index (χ4v) is 15.8. The minimum absolute atomic E-state index is 0.0573. The van der Waals surface area contributed by atoms with Crippen molar-refractivity contribution in [3.05, 3.63) is 153 Å². The van der Waals surface area contributed by atoms with Crippen molar-refractivity contribution in [1.29, 1.82) is 0 Å². The maximum Gasteiger partial charge on any atom is 0.264 e. The average Bonchev–Trinajstić information content (AvgIpc) is 3.70. The van der Waals surface area contributed by atoms with E-state index in [2.05, 4.69) is 235 Å². The highest BCUT2D eigenvalue weighted by atomic mass is 32.1. The molecule has 0 atom stereocenters. The SMILES string of the molecule is Cc1cc2c3c(c1)N(c1ccc(C(C)(C)C)cc1)c1c(sc4cc5c(cc14)C(C)(C)CCC5(C)C)B3c1cc3c(cc1N2CCc1cc2c(cc1-c1ccccc1)C(C)(C)CCC2(C)C)C(C)(C)CCC3(C)C. The summed E-state index contributed by atoms with van der Waals surface area (Å²) in [6.07, 6.45) is 8.15. The lowest BCUT2D eigenvalue weighted by Gasteiger charge is -2.47. The number of anilines is 5. The van der Waals surface area contributed by atoms with Crippen LogP contribution in [0.5, 0.6) is 0 Å². The Morgan fingerprint density at radius 3 is 1.62 bits per heavy atom. The van der Waals surface area contributed by atoms with E-state index in [1.165, 1.54) is 137 Å². The van der Waals surface area contributed by atoms with E-state index in [1.807, 2.05) is 0 Å². The molecule has 3 heterocycles. The lowest BCUT2D eigenvalue weighted by Crippen LogP contribution is -2.61. The third-order valence-corrected chi connectivity index (χ3v) is 20.8. The Morgan fingerprint density at radius 1 is 0.534 bits per heavy atom. The van der Waals surface area contributed by atoms with Crippen LogP contribution in [0.3, 0.4) is 0 Å². The number of hydrogen-bond donors (Lipinski definition) is 0. The lowest BCUT2D eigenvalue weighted by molar-refractivity contribution is 0.331. The smallest absolute Gasteiger partial charge is 0.264 e. The summed E-state index contributed by atoms with van der Waals surface area (Å²) in [5.74, 6) is 0. The number of nitrogens with zero attached hydrogens (tertiary/aromatic N) is 2. The molecule has 0 unspecified atom stereocenters. The molecule has 0 radical (unpaired) electrons. The second kappa shape index (κ2) is 16.0. The summed E-state index contributed by atoms with van der Waals surface area (Å²) in [6.45, 7) is 40.3. The summed E-state index contributed by atoms with van der Waals surface area (Å²) in [7, 11) is 0. The van der Waals surface area contributed by atoms with Gasteiger partial charge in [0.15, 0.2) is 0 Å². The van der Waals surface area contributed by atoms with Gasteiger partial charge in [0, 0.05) is 44.2 Å². The number of rotatable bonds is 5. The first-order valence-corrected chi connectivity index (χ1v) is 28.9. The van der Waals surface area contributed by atoms with Crippen molar-refractivity contribution >= 4 is 72.3 Å². The van der Waals surface area contributed by atoms with Crippen LogP contribution in [0, 0.1) is 6.92 Å². The van der Waals surface area contributed by atoms with Crippen LogP contribution in [0.15, 0.2) is 103 Å². The molecule has 12 rings (SSSR count). The Labute approximate surface area is 444 Å². The molecule has 4 heteroatoms. The zero-order chi connectivity index (χ0) is 51.7. The van der Waals surface area contributed by atoms with E-state index in [9.17, 15) is 0 Å². The van der Waals surface area contributed by atoms with E-state index >= 15 is 0 Å². The zero-order valence-electron chi connectivity index (χ0n) is 47.4. The number of thiophene rings is 1. The largest absolute Gasteiger partial charge is 0.342 e. The second-order valence-electron chi connectivity index (χ2n) is 28.6. The molecule has 6 aromatic carbocycles. The van der Waals surface area contributed by atoms with Crippen molar-refractivity contribution in [1.82, 2.24) is 0 Å². The number of benzene rings is 6. The van der Waals surface area contributed by atoms with Gasteiger partial charge in [0.2, 0.25) is 0 Å². The second-order valence-corrected chi connectivity index (χ2v) is 29.7. The third-order valence-electron chi connectivity index (χ3n) is 19.6. The van der Waals surface area contributed by atoms with Crippen LogP contribution in [0.25, 0.3) is 21.2 Å². The van der Waals surface area contributed by atoms with Crippen molar-refractivity contribution in [3.8, 4) is 11.1 Å². The van der Waals surface area contributed by atoms with E-state index in [0.717, 1.165) is 13.0 Å². The molecule has 1 aromatic heterocycles. The number of aryl methyl sites for hydroxylation is 1. The van der Waals surface area contributed by atoms with Gasteiger partial charge in [0.25, 0.3) is 6.71 Å². The van der Waals surface area contributed by atoms with Gasteiger partial charge in [-0.25, -0.2) is 0 Å². The molecule has 0 saturated carbocycles. The third kappa shape index (κ3) is 7.58. The van der Waals surface area contributed by atoms with Gasteiger partial charge < -0.3 is 9.80 Å². The predicted octanol–water partition coefficient (Wildman–Crippen LogP) is 17.2. The molecule has 5 aliphatic rings. The minimum atomic E-state index is 0.0573. The predicted molar refractivity (Wildman–Crippen MR) is 319 cm³/mol. The molecule has 0 bridgehead atoms. The lowest BCUT2D eigenvalue weighted by atomic mass is 9.35. The van der Waals surface area contributed by atoms with Gasteiger partial charge in [0.05, 0.1) is 5.69 Å². The van der Waals surface area contributed by atoms with Crippen molar-refractivity contribution in [3.63, 3.8) is 0 Å². The molecular weight excluding hydrogens is 900 g/mol. The zero-order valence-corrected chi connectivity index (χ0v) is 48.2. The van der Waals surface area contributed by atoms with E-state index in [0.29, 0.717) is 0 Å². The molecule has 2 nitrogen and oxygen atoms in total. The fraction of sp³-hybridized carbons (Fsp3) is 0.449. The Hall–Kier alpha value is -5.06. The molecule has 0 amide bonds. The van der Waals surface area contributed by atoms with Gasteiger partial charge >= 0.3 is 0 Å². The van der Waals surface area contributed by atoms with E-state index < -0.39 is 0 Å². The molecule has 0 spiro atoms. The van der Waals surface area contributed by atoms with Crippen molar-refractivity contribution < 1.29 is 0 Å². The van der Waals surface area contributed by atoms with Gasteiger partial charge in [-0.1, -0.05) is 165 Å². The van der Waals surface area contributed by atoms with Crippen LogP contribution in [0.2, 0.25) is 0 Å². The first kappa shape index (κ1) is 48.9. The summed E-state index contributed by atoms with van der Waals surface area (Å²) < 4.78 is 2.91. The Kier molecular flexibility index (Phi) is 10.7. The maximum atomic E-state index is 2.81. The standard InChI is InChI=1S/C69H81BN2S/c1-42-34-57-60-58(35-42)72(46-24-22-45(23-25-46)63(2,3)4)61-48-38-51-54(69(15,16)32-29-66(51,9)10)41-59(48)73-62(61)70(60)55-39-52-53(68(13,14)31-30-67(52,11)12)40-56(55)71(57)33-26-44-36-49-50(65(7,8)28-27-64(49,5)6)37-47(44)43-20-18-17-19-21-43/h17-25,34-41H,26-33H2,1-16H3. The monoisotopic (exact) mass is 981 g/mol. The van der Waals surface area contributed by atoms with Crippen LogP contribution in [0.1, 0.15) is 192 Å². The average molecular weight is 981 g/mol. The Balaban J connectivity index is 1.13. The van der Waals surface area contributed by atoms with Crippen molar-refractivity contribution in [2.24, 2.45) is 0 Å². The number of fused-ring (bicyclic) bond motifs is 9. The first-order chi connectivity index (χ1) is 34.2. The van der Waals surface area contributed by atoms with E-state index in [-0.39, 0.29) is 44.6 Å². The quantitative estimate of drug-likeness (QED) is 0.159. The van der Waals surface area contributed by atoms with Gasteiger partial charge in [-0.2, -0.15) is 0 Å². The topological polar surface area (TPSA) is 6.48 Å². The highest BCUT2D eigenvalue weighted by Crippen LogP contribution is 2.54. The van der Waals surface area contributed by atoms with Crippen LogP contribution in [0.4, 0.5) is 28.4 Å². The summed E-state index contributed by atoms with van der Waals surface area (Å²) in [5, 5.41) is 1.41. The molecule has 73 heavy (non-hydrogen) atoms. The summed E-state index contributed by atoms with van der Waals surface area (Å²) in [6, 6.07) is 42.1. The van der Waals surface area contributed by atoms with Crippen LogP contribution in [-0.2, 0) is 44.3 Å². The summed E-state index contributed by atoms with van der Waals surface area (Å²) in [4.78, 5) is 5.52. The maximum absolute atomic E-state index is 2.81. The summed E-state index contributed by atoms with van der Waals surface area (Å²) >= 11 is 2.09. The number of hydrogen-bond acceptors (Lipinski definition) is 3. The van der Waals surface area contributed by atoms with Crippen molar-refractivity contribution in [2.45, 2.75) is 194 Å². The minimum Gasteiger partial charge on any atom is -0.342 e. The van der Waals surface area contributed by atoms with Gasteiger partial charge in [-0.15, -0.1) is 11.3 Å². The normalized spacial score (nSPS) is 20.1. The molecule has 0 fully saturated rings. The molecule has 7 aromatic rings.